The molecule has 27 heavy (non-hydrogen) atoms. The average molecular weight is 362 g/mol. The van der Waals surface area contributed by atoms with Crippen LogP contribution in [0.5, 0.6) is 0 Å². The van der Waals surface area contributed by atoms with E-state index in [0.29, 0.717) is 24.6 Å². The van der Waals surface area contributed by atoms with Crippen LogP contribution in [0.25, 0.3) is 10.9 Å². The predicted molar refractivity (Wildman–Crippen MR) is 104 cm³/mol. The van der Waals surface area contributed by atoms with E-state index in [4.69, 9.17) is 5.11 Å². The minimum Gasteiger partial charge on any atom is -0.392 e. The van der Waals surface area contributed by atoms with Crippen LogP contribution in [0, 0.1) is 0 Å². The SMILES string of the molecule is O=C(C(=O)N1CCC(c2ccc(CO)cc2)CC1)c1c[nH]c2ccccc12. The second-order valence-electron chi connectivity index (χ2n) is 7.04. The zero-order valence-electron chi connectivity index (χ0n) is 15.0. The van der Waals surface area contributed by atoms with Crippen LogP contribution < -0.4 is 0 Å². The second kappa shape index (κ2) is 7.37. The molecule has 1 aliphatic heterocycles. The molecule has 5 nitrogen and oxygen atoms in total. The molecule has 138 valence electrons. The predicted octanol–water partition coefficient (Wildman–Crippen LogP) is 3.25. The molecular formula is C22H22N2O3. The second-order valence-corrected chi connectivity index (χ2v) is 7.04. The molecule has 1 aliphatic rings. The van der Waals surface area contributed by atoms with Gasteiger partial charge in [0.2, 0.25) is 0 Å². The molecule has 1 saturated heterocycles. The van der Waals surface area contributed by atoms with Crippen LogP contribution in [-0.2, 0) is 11.4 Å². The van der Waals surface area contributed by atoms with Gasteiger partial charge in [0.05, 0.1) is 12.2 Å². The Balaban J connectivity index is 1.42. The van der Waals surface area contributed by atoms with E-state index in [0.717, 1.165) is 29.3 Å². The Morgan fingerprint density at radius 3 is 2.44 bits per heavy atom. The van der Waals surface area contributed by atoms with Gasteiger partial charge in [-0.05, 0) is 36.0 Å². The van der Waals surface area contributed by atoms with E-state index in [9.17, 15) is 9.59 Å². The van der Waals surface area contributed by atoms with Gasteiger partial charge in [0.15, 0.2) is 0 Å². The molecule has 1 amide bonds. The van der Waals surface area contributed by atoms with Crippen molar-refractivity contribution < 1.29 is 14.7 Å². The standard InChI is InChI=1S/C22H22N2O3/c25-14-15-5-7-16(8-6-15)17-9-11-24(12-10-17)22(27)21(26)19-13-23-20-4-2-1-3-18(19)20/h1-8,13,17,23,25H,9-12,14H2. The van der Waals surface area contributed by atoms with Crippen LogP contribution in [0.4, 0.5) is 0 Å². The number of aromatic amines is 1. The van der Waals surface area contributed by atoms with Crippen LogP contribution >= 0.6 is 0 Å². The number of fused-ring (bicyclic) bond motifs is 1. The van der Waals surface area contributed by atoms with Crippen molar-refractivity contribution >= 4 is 22.6 Å². The number of aromatic nitrogens is 1. The van der Waals surface area contributed by atoms with Crippen LogP contribution in [0.1, 0.15) is 40.2 Å². The molecule has 0 aliphatic carbocycles. The smallest absolute Gasteiger partial charge is 0.295 e. The summed E-state index contributed by atoms with van der Waals surface area (Å²) in [5, 5.41) is 9.94. The minimum absolute atomic E-state index is 0.0448. The molecule has 1 fully saturated rings. The summed E-state index contributed by atoms with van der Waals surface area (Å²) in [5.41, 5.74) is 3.42. The fourth-order valence-corrected chi connectivity index (χ4v) is 3.83. The largest absolute Gasteiger partial charge is 0.392 e. The molecule has 0 atom stereocenters. The number of nitrogens with zero attached hydrogens (tertiary/aromatic N) is 1. The van der Waals surface area contributed by atoms with Gasteiger partial charge in [-0.3, -0.25) is 9.59 Å². The van der Waals surface area contributed by atoms with E-state index in [-0.39, 0.29) is 6.61 Å². The number of H-pyrrole nitrogens is 1. The summed E-state index contributed by atoms with van der Waals surface area (Å²) >= 11 is 0. The van der Waals surface area contributed by atoms with Gasteiger partial charge in [0.25, 0.3) is 11.7 Å². The lowest BCUT2D eigenvalue weighted by Gasteiger charge is -2.31. The highest BCUT2D eigenvalue weighted by Gasteiger charge is 2.29. The fourth-order valence-electron chi connectivity index (χ4n) is 3.83. The van der Waals surface area contributed by atoms with E-state index in [2.05, 4.69) is 4.98 Å². The van der Waals surface area contributed by atoms with Crippen molar-refractivity contribution in [2.24, 2.45) is 0 Å². The number of aliphatic hydroxyl groups is 1. The molecule has 0 saturated carbocycles. The van der Waals surface area contributed by atoms with Gasteiger partial charge >= 0.3 is 0 Å². The Kier molecular flexibility index (Phi) is 4.77. The first-order valence-corrected chi connectivity index (χ1v) is 9.27. The molecule has 2 heterocycles. The number of carbonyl (C=O) groups excluding carboxylic acids is 2. The van der Waals surface area contributed by atoms with Crippen LogP contribution in [0.15, 0.2) is 54.7 Å². The third-order valence-corrected chi connectivity index (χ3v) is 5.44. The van der Waals surface area contributed by atoms with Gasteiger partial charge in [0, 0.05) is 30.2 Å². The first kappa shape index (κ1) is 17.5. The van der Waals surface area contributed by atoms with Crippen molar-refractivity contribution in [3.8, 4) is 0 Å². The summed E-state index contributed by atoms with van der Waals surface area (Å²) in [6.07, 6.45) is 3.30. The number of amides is 1. The zero-order valence-corrected chi connectivity index (χ0v) is 15.0. The Labute approximate surface area is 157 Å². The van der Waals surface area contributed by atoms with Gasteiger partial charge < -0.3 is 15.0 Å². The fraction of sp³-hybridized carbons (Fsp3) is 0.273. The van der Waals surface area contributed by atoms with Crippen LogP contribution in [-0.4, -0.2) is 39.8 Å². The maximum atomic E-state index is 12.7. The average Bonchev–Trinajstić information content (AvgIpc) is 3.17. The third-order valence-electron chi connectivity index (χ3n) is 5.44. The van der Waals surface area contributed by atoms with Crippen molar-refractivity contribution in [2.75, 3.05) is 13.1 Å². The summed E-state index contributed by atoms with van der Waals surface area (Å²) < 4.78 is 0. The number of nitrogens with one attached hydrogen (secondary N) is 1. The summed E-state index contributed by atoms with van der Waals surface area (Å²) in [6.45, 7) is 1.21. The van der Waals surface area contributed by atoms with Crippen LogP contribution in [0.3, 0.4) is 0 Å². The quantitative estimate of drug-likeness (QED) is 0.553. The number of likely N-dealkylation sites (tertiary alicyclic amines) is 1. The number of hydrogen-bond acceptors (Lipinski definition) is 3. The lowest BCUT2D eigenvalue weighted by molar-refractivity contribution is -0.127. The lowest BCUT2D eigenvalue weighted by atomic mass is 9.89. The van der Waals surface area contributed by atoms with E-state index in [1.165, 1.54) is 5.56 Å². The van der Waals surface area contributed by atoms with Crippen molar-refractivity contribution in [1.29, 1.82) is 0 Å². The van der Waals surface area contributed by atoms with E-state index >= 15 is 0 Å². The molecule has 0 radical (unpaired) electrons. The maximum absolute atomic E-state index is 12.7. The first-order chi connectivity index (χ1) is 13.2. The van der Waals surface area contributed by atoms with Crippen LogP contribution in [0.2, 0.25) is 0 Å². The lowest BCUT2D eigenvalue weighted by Crippen LogP contribution is -2.41. The first-order valence-electron chi connectivity index (χ1n) is 9.27. The highest BCUT2D eigenvalue weighted by molar-refractivity contribution is 6.44. The summed E-state index contributed by atoms with van der Waals surface area (Å²) in [6, 6.07) is 15.5. The number of carbonyl (C=O) groups is 2. The minimum atomic E-state index is -0.446. The Morgan fingerprint density at radius 2 is 1.74 bits per heavy atom. The normalized spacial score (nSPS) is 15.2. The number of ketones is 1. The van der Waals surface area contributed by atoms with Gasteiger partial charge in [-0.15, -0.1) is 0 Å². The Hall–Kier alpha value is -2.92. The zero-order chi connectivity index (χ0) is 18.8. The highest BCUT2D eigenvalue weighted by atomic mass is 16.3. The van der Waals surface area contributed by atoms with Gasteiger partial charge in [-0.2, -0.15) is 0 Å². The van der Waals surface area contributed by atoms with Gasteiger partial charge in [-0.25, -0.2) is 0 Å². The van der Waals surface area contributed by atoms with Crippen molar-refractivity contribution in [1.82, 2.24) is 9.88 Å². The number of hydrogen-bond donors (Lipinski definition) is 2. The van der Waals surface area contributed by atoms with E-state index in [1.807, 2.05) is 48.5 Å². The molecule has 3 aromatic rings. The molecule has 0 bridgehead atoms. The van der Waals surface area contributed by atoms with E-state index in [1.54, 1.807) is 11.1 Å². The summed E-state index contributed by atoms with van der Waals surface area (Å²) in [5.74, 6) is -0.489. The summed E-state index contributed by atoms with van der Waals surface area (Å²) in [7, 11) is 0. The topological polar surface area (TPSA) is 73.4 Å². The van der Waals surface area contributed by atoms with Crippen molar-refractivity contribution in [2.45, 2.75) is 25.4 Å². The molecule has 2 aromatic carbocycles. The van der Waals surface area contributed by atoms with Gasteiger partial charge in [-0.1, -0.05) is 42.5 Å². The molecule has 5 heteroatoms. The molecule has 4 rings (SSSR count). The monoisotopic (exact) mass is 362 g/mol. The number of benzene rings is 2. The molecule has 1 aromatic heterocycles. The number of rotatable bonds is 4. The van der Waals surface area contributed by atoms with Gasteiger partial charge in [0.1, 0.15) is 0 Å². The Morgan fingerprint density at radius 1 is 1.04 bits per heavy atom. The number of aliphatic hydroxyl groups excluding tert-OH is 1. The Bertz CT molecular complexity index is 967. The number of Topliss-reactive ketones (excluding diaryl/α,β-unsaturated/α-hetero) is 1. The molecule has 0 unspecified atom stereocenters. The van der Waals surface area contributed by atoms with Crippen molar-refractivity contribution in [3.05, 3.63) is 71.4 Å². The molecule has 2 N–H and O–H groups in total. The van der Waals surface area contributed by atoms with E-state index < -0.39 is 11.7 Å². The number of para-hydroxylation sites is 1. The highest BCUT2D eigenvalue weighted by Crippen LogP contribution is 2.29. The number of piperidine rings is 1. The molecular weight excluding hydrogens is 340 g/mol. The van der Waals surface area contributed by atoms with Crippen molar-refractivity contribution in [3.63, 3.8) is 0 Å². The third kappa shape index (κ3) is 3.38. The molecule has 0 spiro atoms. The maximum Gasteiger partial charge on any atom is 0.295 e. The summed E-state index contributed by atoms with van der Waals surface area (Å²) in [4.78, 5) is 30.1.